The van der Waals surface area contributed by atoms with E-state index in [1.165, 1.54) is 0 Å². The second-order valence-electron chi connectivity index (χ2n) is 6.96. The zero-order valence-corrected chi connectivity index (χ0v) is 13.8. The molecule has 1 aromatic heterocycles. The fraction of sp³-hybridized carbons (Fsp3) is 0.867. The third-order valence-electron chi connectivity index (χ3n) is 4.57. The van der Waals surface area contributed by atoms with Gasteiger partial charge in [0.05, 0.1) is 12.0 Å². The van der Waals surface area contributed by atoms with E-state index < -0.39 is 11.0 Å². The summed E-state index contributed by atoms with van der Waals surface area (Å²) in [4.78, 5) is 6.93. The molecule has 0 aliphatic carbocycles. The summed E-state index contributed by atoms with van der Waals surface area (Å²) in [6.45, 7) is 13.7. The molecule has 0 amide bonds. The van der Waals surface area contributed by atoms with Crippen LogP contribution in [-0.4, -0.2) is 46.8 Å². The monoisotopic (exact) mass is 296 g/mol. The normalized spacial score (nSPS) is 21.7. The lowest BCUT2D eigenvalue weighted by molar-refractivity contribution is -0.0350. The van der Waals surface area contributed by atoms with Gasteiger partial charge in [0.1, 0.15) is 6.10 Å². The van der Waals surface area contributed by atoms with Gasteiger partial charge in [0.2, 0.25) is 11.7 Å². The summed E-state index contributed by atoms with van der Waals surface area (Å²) in [6.07, 6.45) is 1.03. The third kappa shape index (κ3) is 3.44. The molecule has 120 valence electrons. The maximum Gasteiger partial charge on any atom is 0.234 e. The van der Waals surface area contributed by atoms with Crippen molar-refractivity contribution >= 4 is 0 Å². The molecular weight excluding hydrogens is 268 g/mol. The molecule has 2 rings (SSSR count). The highest BCUT2D eigenvalue weighted by Crippen LogP contribution is 2.32. The molecule has 1 fully saturated rings. The van der Waals surface area contributed by atoms with Gasteiger partial charge in [-0.1, -0.05) is 12.1 Å². The number of aromatic nitrogens is 2. The number of hydrogen-bond donors (Lipinski definition) is 1. The summed E-state index contributed by atoms with van der Waals surface area (Å²) < 4.78 is 11.3. The van der Waals surface area contributed by atoms with Gasteiger partial charge in [-0.15, -0.1) is 0 Å². The van der Waals surface area contributed by atoms with E-state index in [1.807, 2.05) is 27.7 Å². The van der Waals surface area contributed by atoms with Gasteiger partial charge in [-0.05, 0) is 40.7 Å². The SMILES string of the molecule is CCCN1CCOC(c2noc(C(C)(C)C(C)(C)N)n2)C1. The Labute approximate surface area is 127 Å². The molecular formula is C15H28N4O2. The Hall–Kier alpha value is -0.980. The molecule has 6 heteroatoms. The molecule has 0 aromatic carbocycles. The van der Waals surface area contributed by atoms with Crippen molar-refractivity contribution in [3.8, 4) is 0 Å². The molecule has 21 heavy (non-hydrogen) atoms. The van der Waals surface area contributed by atoms with Crippen LogP contribution in [0.25, 0.3) is 0 Å². The van der Waals surface area contributed by atoms with Crippen LogP contribution in [0.15, 0.2) is 4.52 Å². The molecule has 1 aliphatic heterocycles. The van der Waals surface area contributed by atoms with E-state index in [0.717, 1.165) is 26.1 Å². The molecule has 0 saturated carbocycles. The van der Waals surface area contributed by atoms with Crippen LogP contribution in [0.1, 0.15) is 58.9 Å². The minimum Gasteiger partial charge on any atom is -0.367 e. The summed E-state index contributed by atoms with van der Waals surface area (Å²) in [6, 6.07) is 0. The van der Waals surface area contributed by atoms with Crippen molar-refractivity contribution in [3.05, 3.63) is 11.7 Å². The highest BCUT2D eigenvalue weighted by Gasteiger charge is 2.41. The first-order valence-electron chi connectivity index (χ1n) is 7.72. The van der Waals surface area contributed by atoms with Crippen LogP contribution in [0.2, 0.25) is 0 Å². The van der Waals surface area contributed by atoms with E-state index in [-0.39, 0.29) is 6.10 Å². The lowest BCUT2D eigenvalue weighted by atomic mass is 9.75. The minimum atomic E-state index is -0.446. The molecule has 1 aliphatic rings. The molecule has 6 nitrogen and oxygen atoms in total. The Kier molecular flexibility index (Phi) is 4.70. The van der Waals surface area contributed by atoms with Crippen molar-refractivity contribution in [1.29, 1.82) is 0 Å². The molecule has 2 heterocycles. The van der Waals surface area contributed by atoms with E-state index in [4.69, 9.17) is 15.0 Å². The lowest BCUT2D eigenvalue weighted by Crippen LogP contribution is -2.50. The van der Waals surface area contributed by atoms with Crippen LogP contribution >= 0.6 is 0 Å². The predicted molar refractivity (Wildman–Crippen MR) is 81.0 cm³/mol. The molecule has 1 saturated heterocycles. The quantitative estimate of drug-likeness (QED) is 0.893. The zero-order chi connectivity index (χ0) is 15.7. The molecule has 1 atom stereocenters. The van der Waals surface area contributed by atoms with Crippen molar-refractivity contribution in [2.75, 3.05) is 26.2 Å². The average Bonchev–Trinajstić information content (AvgIpc) is 2.88. The topological polar surface area (TPSA) is 77.4 Å². The van der Waals surface area contributed by atoms with Crippen LogP contribution in [-0.2, 0) is 10.2 Å². The molecule has 2 N–H and O–H groups in total. The van der Waals surface area contributed by atoms with E-state index in [2.05, 4.69) is 22.0 Å². The first-order chi connectivity index (χ1) is 9.75. The first-order valence-corrected chi connectivity index (χ1v) is 7.72. The van der Waals surface area contributed by atoms with Crippen molar-refractivity contribution < 1.29 is 9.26 Å². The Bertz CT molecular complexity index is 462. The summed E-state index contributed by atoms with van der Waals surface area (Å²) in [5.74, 6) is 1.20. The maximum absolute atomic E-state index is 6.23. The van der Waals surface area contributed by atoms with Gasteiger partial charge in [0.25, 0.3) is 0 Å². The van der Waals surface area contributed by atoms with Crippen LogP contribution in [0.3, 0.4) is 0 Å². The summed E-state index contributed by atoms with van der Waals surface area (Å²) in [5.41, 5.74) is 5.39. The Morgan fingerprint density at radius 3 is 2.67 bits per heavy atom. The second-order valence-corrected chi connectivity index (χ2v) is 6.96. The van der Waals surface area contributed by atoms with Crippen LogP contribution in [0.4, 0.5) is 0 Å². The number of rotatable bonds is 5. The molecule has 0 radical (unpaired) electrons. The van der Waals surface area contributed by atoms with E-state index in [1.54, 1.807) is 0 Å². The highest BCUT2D eigenvalue weighted by atomic mass is 16.5. The van der Waals surface area contributed by atoms with Crippen molar-refractivity contribution in [2.45, 2.75) is 58.1 Å². The third-order valence-corrected chi connectivity index (χ3v) is 4.57. The molecule has 0 spiro atoms. The number of hydrogen-bond acceptors (Lipinski definition) is 6. The van der Waals surface area contributed by atoms with Gasteiger partial charge in [-0.25, -0.2) is 0 Å². The van der Waals surface area contributed by atoms with Crippen LogP contribution in [0, 0.1) is 0 Å². The van der Waals surface area contributed by atoms with Crippen molar-refractivity contribution in [3.63, 3.8) is 0 Å². The molecule has 1 unspecified atom stereocenters. The fourth-order valence-corrected chi connectivity index (χ4v) is 2.27. The average molecular weight is 296 g/mol. The minimum absolute atomic E-state index is 0.112. The van der Waals surface area contributed by atoms with Gasteiger partial charge in [0, 0.05) is 18.6 Å². The summed E-state index contributed by atoms with van der Waals surface area (Å²) in [7, 11) is 0. The Morgan fingerprint density at radius 1 is 1.33 bits per heavy atom. The second kappa shape index (κ2) is 6.02. The number of morpholine rings is 1. The summed E-state index contributed by atoms with van der Waals surface area (Å²) in [5, 5.41) is 4.12. The van der Waals surface area contributed by atoms with Crippen molar-refractivity contribution in [2.24, 2.45) is 5.73 Å². The highest BCUT2D eigenvalue weighted by molar-refractivity contribution is 5.11. The van der Waals surface area contributed by atoms with E-state index >= 15 is 0 Å². The number of nitrogens with two attached hydrogens (primary N) is 1. The molecule has 0 bridgehead atoms. The Morgan fingerprint density at radius 2 is 2.05 bits per heavy atom. The maximum atomic E-state index is 6.23. The number of ether oxygens (including phenoxy) is 1. The zero-order valence-electron chi connectivity index (χ0n) is 13.8. The smallest absolute Gasteiger partial charge is 0.234 e. The summed E-state index contributed by atoms with van der Waals surface area (Å²) >= 11 is 0. The lowest BCUT2D eigenvalue weighted by Gasteiger charge is -2.35. The van der Waals surface area contributed by atoms with Gasteiger partial charge < -0.3 is 15.0 Å². The van der Waals surface area contributed by atoms with Crippen LogP contribution < -0.4 is 5.73 Å². The first kappa shape index (κ1) is 16.4. The van der Waals surface area contributed by atoms with Gasteiger partial charge in [-0.3, -0.25) is 4.90 Å². The fourth-order valence-electron chi connectivity index (χ4n) is 2.27. The van der Waals surface area contributed by atoms with Gasteiger partial charge >= 0.3 is 0 Å². The Balaban J connectivity index is 2.13. The predicted octanol–water partition coefficient (Wildman–Crippen LogP) is 1.87. The van der Waals surface area contributed by atoms with Gasteiger partial charge in [-0.2, -0.15) is 4.98 Å². The van der Waals surface area contributed by atoms with Gasteiger partial charge in [0.15, 0.2) is 0 Å². The standard InChI is InChI=1S/C15H28N4O2/c1-6-7-19-8-9-20-11(10-19)12-17-13(21-18-12)14(2,3)15(4,5)16/h11H,6-10,16H2,1-5H3. The van der Waals surface area contributed by atoms with Crippen LogP contribution in [0.5, 0.6) is 0 Å². The molecule has 1 aromatic rings. The van der Waals surface area contributed by atoms with Crippen molar-refractivity contribution in [1.82, 2.24) is 15.0 Å². The largest absolute Gasteiger partial charge is 0.367 e. The number of nitrogens with zero attached hydrogens (tertiary/aromatic N) is 3. The van der Waals surface area contributed by atoms with E-state index in [0.29, 0.717) is 18.3 Å². The van der Waals surface area contributed by atoms with E-state index in [9.17, 15) is 0 Å².